The molecule has 1 aromatic heterocycles. The largest absolute Gasteiger partial charge is 0.592 e. The summed E-state index contributed by atoms with van der Waals surface area (Å²) in [7, 11) is 2.09. The van der Waals surface area contributed by atoms with Crippen LogP contribution in [0.2, 0.25) is 5.02 Å². The zero-order chi connectivity index (χ0) is 23.8. The van der Waals surface area contributed by atoms with Gasteiger partial charge in [-0.15, -0.1) is 11.3 Å². The average molecular weight is 498 g/mol. The number of benzene rings is 2. The summed E-state index contributed by atoms with van der Waals surface area (Å²) < 4.78 is 0. The zero-order valence-corrected chi connectivity index (χ0v) is 20.4. The number of amides is 2. The second kappa shape index (κ2) is 9.37. The van der Waals surface area contributed by atoms with Crippen LogP contribution in [-0.2, 0) is 13.0 Å². The Balaban J connectivity index is 1.33. The molecule has 0 bridgehead atoms. The number of anilines is 1. The Bertz CT molecular complexity index is 1260. The molecule has 2 aromatic carbocycles. The lowest BCUT2D eigenvalue weighted by atomic mass is 10.0. The Morgan fingerprint density at radius 3 is 2.85 bits per heavy atom. The first kappa shape index (κ1) is 22.8. The fourth-order valence-corrected chi connectivity index (χ4v) is 5.87. The predicted molar refractivity (Wildman–Crippen MR) is 134 cm³/mol. The number of thiazole rings is 1. The molecule has 1 atom stereocenters. The molecule has 2 aliphatic rings. The van der Waals surface area contributed by atoms with Gasteiger partial charge in [-0.25, -0.2) is 4.98 Å². The van der Waals surface area contributed by atoms with Gasteiger partial charge in [0.15, 0.2) is 5.13 Å². The number of nitrogens with one attached hydrogen (secondary N) is 1. The van der Waals surface area contributed by atoms with Crippen LogP contribution in [0.3, 0.4) is 0 Å². The molecule has 2 aliphatic heterocycles. The number of likely N-dealkylation sites (tertiary alicyclic amines) is 1. The van der Waals surface area contributed by atoms with Crippen LogP contribution in [0.25, 0.3) is 0 Å². The molecule has 7 nitrogen and oxygen atoms in total. The van der Waals surface area contributed by atoms with Crippen LogP contribution in [0.4, 0.5) is 5.13 Å². The summed E-state index contributed by atoms with van der Waals surface area (Å²) in [6, 6.07) is 12.1. The summed E-state index contributed by atoms with van der Waals surface area (Å²) in [5.74, 6) is -0.115. The summed E-state index contributed by atoms with van der Waals surface area (Å²) in [4.78, 5) is 36.1. The van der Waals surface area contributed by atoms with Gasteiger partial charge in [0.25, 0.3) is 17.6 Å². The molecule has 3 aromatic rings. The topological polar surface area (TPSA) is 88.4 Å². The van der Waals surface area contributed by atoms with Gasteiger partial charge in [-0.1, -0.05) is 23.7 Å². The van der Waals surface area contributed by atoms with E-state index in [-0.39, 0.29) is 28.6 Å². The maximum atomic E-state index is 13.2. The minimum Gasteiger partial charge on any atom is -0.592 e. The van der Waals surface area contributed by atoms with Crippen molar-refractivity contribution < 1.29 is 14.7 Å². The molecule has 34 heavy (non-hydrogen) atoms. The number of hydrogen-bond acceptors (Lipinski definition) is 5. The molecule has 3 N–H and O–H groups in total. The highest BCUT2D eigenvalue weighted by molar-refractivity contribution is 7.15. The Kier molecular flexibility index (Phi) is 6.29. The molecule has 5 rings (SSSR count). The maximum Gasteiger partial charge on any atom is 0.272 e. The van der Waals surface area contributed by atoms with Gasteiger partial charge in [0.05, 0.1) is 11.7 Å². The summed E-state index contributed by atoms with van der Waals surface area (Å²) in [6.07, 6.45) is 2.61. The molecule has 0 radical (unpaired) electrons. The van der Waals surface area contributed by atoms with Gasteiger partial charge >= 0.3 is 0 Å². The number of carbonyl (C=O) groups excluding carboxylic acids is 2. The molecule has 1 saturated heterocycles. The fourth-order valence-electron chi connectivity index (χ4n) is 4.60. The van der Waals surface area contributed by atoms with Crippen LogP contribution in [0.5, 0.6) is 5.75 Å². The Labute approximate surface area is 207 Å². The number of halogens is 1. The van der Waals surface area contributed by atoms with E-state index in [1.54, 1.807) is 24.3 Å². The van der Waals surface area contributed by atoms with Crippen LogP contribution in [0, 0.1) is 0 Å². The first-order valence-corrected chi connectivity index (χ1v) is 12.5. The van der Waals surface area contributed by atoms with Crippen molar-refractivity contribution in [3.63, 3.8) is 0 Å². The van der Waals surface area contributed by atoms with Crippen LogP contribution in [-0.4, -0.2) is 51.8 Å². The Morgan fingerprint density at radius 2 is 2.03 bits per heavy atom. The number of carbonyl (C=O) groups is 2. The van der Waals surface area contributed by atoms with Crippen LogP contribution in [0.1, 0.15) is 55.7 Å². The van der Waals surface area contributed by atoms with Gasteiger partial charge in [0.1, 0.15) is 5.02 Å². The van der Waals surface area contributed by atoms with Crippen molar-refractivity contribution in [3.05, 3.63) is 74.7 Å². The molecule has 1 fully saturated rings. The molecule has 3 heterocycles. The Morgan fingerprint density at radius 1 is 1.18 bits per heavy atom. The normalized spacial score (nSPS) is 18.1. The molecule has 2 amide bonds. The number of hydrogen-bond donors (Lipinski definition) is 1. The third-order valence-corrected chi connectivity index (χ3v) is 7.72. The minimum absolute atomic E-state index is 0.113. The average Bonchev–Trinajstić information content (AvgIpc) is 3.47. The van der Waals surface area contributed by atoms with E-state index in [0.29, 0.717) is 22.8 Å². The van der Waals surface area contributed by atoms with E-state index in [1.165, 1.54) is 16.2 Å². The van der Waals surface area contributed by atoms with Crippen molar-refractivity contribution in [2.75, 3.05) is 25.5 Å². The molecule has 0 spiro atoms. The zero-order valence-electron chi connectivity index (χ0n) is 18.8. The van der Waals surface area contributed by atoms with Crippen molar-refractivity contribution in [1.29, 1.82) is 0 Å². The molecule has 0 aliphatic carbocycles. The molecule has 9 heteroatoms. The second-order valence-electron chi connectivity index (χ2n) is 8.81. The van der Waals surface area contributed by atoms with E-state index in [0.717, 1.165) is 43.6 Å². The monoisotopic (exact) mass is 497 g/mol. The molecule has 0 saturated carbocycles. The summed E-state index contributed by atoms with van der Waals surface area (Å²) in [5.41, 5.74) is 3.02. The van der Waals surface area contributed by atoms with Gasteiger partial charge in [-0.05, 0) is 49.7 Å². The highest BCUT2D eigenvalue weighted by Gasteiger charge is 2.31. The Hall–Kier alpha value is -2.94. The van der Waals surface area contributed by atoms with E-state index in [4.69, 9.17) is 16.7 Å². The SMILES string of the molecule is CN1CCc2nc(NC(=O)c3cccc(C4CCCN4C(=O)c4ccc([OH2+])c(Cl)c4)c3)sc2C1. The van der Waals surface area contributed by atoms with Gasteiger partial charge in [-0.3, -0.25) is 14.9 Å². The highest BCUT2D eigenvalue weighted by atomic mass is 35.5. The lowest BCUT2D eigenvalue weighted by Gasteiger charge is -2.25. The number of aromatic nitrogens is 1. The molecule has 176 valence electrons. The lowest BCUT2D eigenvalue weighted by molar-refractivity contribution is 0.0735. The molecular formula is C25H26ClN4O3S+. The van der Waals surface area contributed by atoms with Gasteiger partial charge in [0.2, 0.25) is 0 Å². The van der Waals surface area contributed by atoms with E-state index in [9.17, 15) is 9.59 Å². The van der Waals surface area contributed by atoms with E-state index in [2.05, 4.69) is 22.2 Å². The third-order valence-electron chi connectivity index (χ3n) is 6.41. The smallest absolute Gasteiger partial charge is 0.272 e. The number of nitrogens with zero attached hydrogens (tertiary/aromatic N) is 3. The van der Waals surface area contributed by atoms with Crippen LogP contribution < -0.4 is 5.32 Å². The van der Waals surface area contributed by atoms with Crippen molar-refractivity contribution in [3.8, 4) is 5.75 Å². The van der Waals surface area contributed by atoms with Crippen LogP contribution >= 0.6 is 22.9 Å². The minimum atomic E-state index is -0.199. The van der Waals surface area contributed by atoms with Crippen molar-refractivity contribution in [2.45, 2.75) is 31.8 Å². The standard InChI is InChI=1S/C25H25ClN4O3S/c1-29-11-9-19-22(14-29)34-25(27-19)28-23(32)16-5-2-4-15(12-16)20-6-3-10-30(20)24(33)17-7-8-21(31)18(26)13-17/h2,4-5,7-8,12-13,20,31H,3,6,9-11,14H2,1H3,(H,27,28,32)/p+1. The highest BCUT2D eigenvalue weighted by Crippen LogP contribution is 2.35. The van der Waals surface area contributed by atoms with E-state index in [1.807, 2.05) is 23.1 Å². The maximum absolute atomic E-state index is 13.2. The number of rotatable bonds is 4. The van der Waals surface area contributed by atoms with Gasteiger partial charge in [0, 0.05) is 48.1 Å². The number of likely N-dealkylation sites (N-methyl/N-ethyl adjacent to an activating group) is 1. The quantitative estimate of drug-likeness (QED) is 0.539. The van der Waals surface area contributed by atoms with E-state index >= 15 is 0 Å². The van der Waals surface area contributed by atoms with Gasteiger partial charge < -0.3 is 14.9 Å². The summed E-state index contributed by atoms with van der Waals surface area (Å²) in [6.45, 7) is 2.47. The van der Waals surface area contributed by atoms with Crippen molar-refractivity contribution in [2.24, 2.45) is 0 Å². The second-order valence-corrected chi connectivity index (χ2v) is 10.3. The van der Waals surface area contributed by atoms with Crippen molar-refractivity contribution >= 4 is 39.9 Å². The molecule has 1 unspecified atom stereocenters. The van der Waals surface area contributed by atoms with Crippen LogP contribution in [0.15, 0.2) is 42.5 Å². The summed E-state index contributed by atoms with van der Waals surface area (Å²) >= 11 is 7.61. The first-order chi connectivity index (χ1) is 16.4. The van der Waals surface area contributed by atoms with Gasteiger partial charge in [-0.2, -0.15) is 0 Å². The summed E-state index contributed by atoms with van der Waals surface area (Å²) in [5, 5.41) is 11.6. The first-order valence-electron chi connectivity index (χ1n) is 11.3. The lowest BCUT2D eigenvalue weighted by Crippen LogP contribution is -2.30. The van der Waals surface area contributed by atoms with E-state index < -0.39 is 0 Å². The number of fused-ring (bicyclic) bond motifs is 1. The fraction of sp³-hybridized carbons (Fsp3) is 0.320. The third kappa shape index (κ3) is 4.53. The molecular weight excluding hydrogens is 472 g/mol. The predicted octanol–water partition coefficient (Wildman–Crippen LogP) is 4.45. The van der Waals surface area contributed by atoms with Crippen molar-refractivity contribution in [1.82, 2.24) is 14.8 Å².